The van der Waals surface area contributed by atoms with E-state index in [0.717, 1.165) is 34.8 Å². The first-order valence-electron chi connectivity index (χ1n) is 6.45. The SMILES string of the molecule is COCCN(CC(=O)Nc1ccc(C(F)(F)F)cc1)S(C)(=O)=O. The summed E-state index contributed by atoms with van der Waals surface area (Å²) in [6.07, 6.45) is -3.51. The molecular formula is C13H17F3N2O4S. The molecule has 0 heterocycles. The lowest BCUT2D eigenvalue weighted by Crippen LogP contribution is -2.39. The van der Waals surface area contributed by atoms with E-state index in [2.05, 4.69) is 5.32 Å². The number of sulfonamides is 1. The molecule has 0 atom stereocenters. The fraction of sp³-hybridized carbons (Fsp3) is 0.462. The molecule has 1 amide bonds. The molecule has 130 valence electrons. The highest BCUT2D eigenvalue weighted by Gasteiger charge is 2.30. The molecule has 0 unspecified atom stereocenters. The molecule has 1 N–H and O–H groups in total. The summed E-state index contributed by atoms with van der Waals surface area (Å²) in [4.78, 5) is 11.8. The molecule has 0 aliphatic heterocycles. The summed E-state index contributed by atoms with van der Waals surface area (Å²) >= 11 is 0. The van der Waals surface area contributed by atoms with E-state index in [1.54, 1.807) is 0 Å². The number of carbonyl (C=O) groups is 1. The molecule has 10 heteroatoms. The van der Waals surface area contributed by atoms with E-state index in [9.17, 15) is 26.4 Å². The maximum absolute atomic E-state index is 12.4. The van der Waals surface area contributed by atoms with E-state index in [-0.39, 0.29) is 18.8 Å². The normalized spacial score (nSPS) is 12.4. The molecule has 23 heavy (non-hydrogen) atoms. The highest BCUT2D eigenvalue weighted by Crippen LogP contribution is 2.29. The molecule has 0 saturated carbocycles. The van der Waals surface area contributed by atoms with Crippen LogP contribution in [0.25, 0.3) is 0 Å². The van der Waals surface area contributed by atoms with E-state index >= 15 is 0 Å². The Bertz CT molecular complexity index is 630. The van der Waals surface area contributed by atoms with Gasteiger partial charge in [0.05, 0.1) is 25.0 Å². The summed E-state index contributed by atoms with van der Waals surface area (Å²) in [5.74, 6) is -0.661. The van der Waals surface area contributed by atoms with Gasteiger partial charge < -0.3 is 10.1 Å². The van der Waals surface area contributed by atoms with Crippen molar-refractivity contribution in [2.75, 3.05) is 38.4 Å². The second-order valence-electron chi connectivity index (χ2n) is 4.71. The van der Waals surface area contributed by atoms with Gasteiger partial charge in [-0.2, -0.15) is 17.5 Å². The van der Waals surface area contributed by atoms with Gasteiger partial charge in [0.1, 0.15) is 0 Å². The minimum absolute atomic E-state index is 0.00420. The van der Waals surface area contributed by atoms with Gasteiger partial charge in [-0.05, 0) is 24.3 Å². The second kappa shape index (κ2) is 7.75. The zero-order chi connectivity index (χ0) is 17.7. The maximum Gasteiger partial charge on any atom is 0.416 e. The molecule has 0 aromatic heterocycles. The number of amides is 1. The summed E-state index contributed by atoms with van der Waals surface area (Å²) in [7, 11) is -2.22. The summed E-state index contributed by atoms with van der Waals surface area (Å²) in [6.45, 7) is -0.348. The topological polar surface area (TPSA) is 75.7 Å². The van der Waals surface area contributed by atoms with Gasteiger partial charge in [-0.15, -0.1) is 0 Å². The van der Waals surface area contributed by atoms with Crippen LogP contribution in [0.2, 0.25) is 0 Å². The van der Waals surface area contributed by atoms with Crippen molar-refractivity contribution in [2.45, 2.75) is 6.18 Å². The van der Waals surface area contributed by atoms with Gasteiger partial charge in [-0.3, -0.25) is 4.79 Å². The van der Waals surface area contributed by atoms with Gasteiger partial charge >= 0.3 is 6.18 Å². The van der Waals surface area contributed by atoms with Crippen LogP contribution < -0.4 is 5.32 Å². The highest BCUT2D eigenvalue weighted by molar-refractivity contribution is 7.88. The molecule has 0 saturated heterocycles. The lowest BCUT2D eigenvalue weighted by molar-refractivity contribution is -0.137. The van der Waals surface area contributed by atoms with Crippen LogP contribution in [0, 0.1) is 0 Å². The van der Waals surface area contributed by atoms with Crippen molar-refractivity contribution in [3.63, 3.8) is 0 Å². The van der Waals surface area contributed by atoms with Gasteiger partial charge in [0.2, 0.25) is 15.9 Å². The van der Waals surface area contributed by atoms with Crippen molar-refractivity contribution in [3.05, 3.63) is 29.8 Å². The number of alkyl halides is 3. The summed E-state index contributed by atoms with van der Waals surface area (Å²) < 4.78 is 66.1. The van der Waals surface area contributed by atoms with Crippen LogP contribution in [0.5, 0.6) is 0 Å². The number of halogens is 3. The summed E-state index contributed by atoms with van der Waals surface area (Å²) in [6, 6.07) is 3.85. The number of rotatable bonds is 7. The molecule has 0 spiro atoms. The van der Waals surface area contributed by atoms with Gasteiger partial charge in [0.15, 0.2) is 0 Å². The number of ether oxygens (including phenoxy) is 1. The number of nitrogens with one attached hydrogen (secondary N) is 1. The largest absolute Gasteiger partial charge is 0.416 e. The Morgan fingerprint density at radius 1 is 1.26 bits per heavy atom. The number of methoxy groups -OCH3 is 1. The molecular weight excluding hydrogens is 337 g/mol. The van der Waals surface area contributed by atoms with E-state index in [1.807, 2.05) is 0 Å². The van der Waals surface area contributed by atoms with E-state index < -0.39 is 34.2 Å². The van der Waals surface area contributed by atoms with Gasteiger partial charge in [-0.1, -0.05) is 0 Å². The molecule has 1 aromatic rings. The Balaban J connectivity index is 2.71. The molecule has 0 aliphatic carbocycles. The Morgan fingerprint density at radius 2 is 1.83 bits per heavy atom. The molecule has 0 bridgehead atoms. The number of anilines is 1. The molecule has 1 aromatic carbocycles. The smallest absolute Gasteiger partial charge is 0.383 e. The lowest BCUT2D eigenvalue weighted by Gasteiger charge is -2.19. The Labute approximate surface area is 132 Å². The summed E-state index contributed by atoms with van der Waals surface area (Å²) in [5.41, 5.74) is -0.698. The molecule has 0 aliphatic rings. The first-order chi connectivity index (χ1) is 10.5. The van der Waals surface area contributed by atoms with Crippen molar-refractivity contribution < 1.29 is 31.1 Å². The number of hydrogen-bond donors (Lipinski definition) is 1. The third kappa shape index (κ3) is 6.55. The fourth-order valence-corrected chi connectivity index (χ4v) is 2.42. The Hall–Kier alpha value is -1.65. The van der Waals surface area contributed by atoms with Crippen LogP contribution >= 0.6 is 0 Å². The number of nitrogens with zero attached hydrogens (tertiary/aromatic N) is 1. The number of carbonyl (C=O) groups excluding carboxylic acids is 1. The third-order valence-electron chi connectivity index (χ3n) is 2.83. The predicted octanol–water partition coefficient (Wildman–Crippen LogP) is 1.55. The van der Waals surface area contributed by atoms with Crippen LogP contribution in [0.3, 0.4) is 0 Å². The van der Waals surface area contributed by atoms with Gasteiger partial charge in [-0.25, -0.2) is 8.42 Å². The van der Waals surface area contributed by atoms with Crippen molar-refractivity contribution in [3.8, 4) is 0 Å². The zero-order valence-corrected chi connectivity index (χ0v) is 13.4. The quantitative estimate of drug-likeness (QED) is 0.806. The predicted molar refractivity (Wildman–Crippen MR) is 78.4 cm³/mol. The summed E-state index contributed by atoms with van der Waals surface area (Å²) in [5, 5.41) is 2.35. The zero-order valence-electron chi connectivity index (χ0n) is 12.6. The minimum Gasteiger partial charge on any atom is -0.383 e. The standard InChI is InChI=1S/C13H17F3N2O4S/c1-22-8-7-18(23(2,20)21)9-12(19)17-11-5-3-10(4-6-11)13(14,15)16/h3-6H,7-9H2,1-2H3,(H,17,19). The van der Waals surface area contributed by atoms with Crippen LogP contribution in [0.15, 0.2) is 24.3 Å². The Kier molecular flexibility index (Phi) is 6.54. The molecule has 1 rings (SSSR count). The molecule has 6 nitrogen and oxygen atoms in total. The number of benzene rings is 1. The van der Waals surface area contributed by atoms with Crippen LogP contribution in [-0.4, -0.2) is 51.7 Å². The average Bonchev–Trinajstić information content (AvgIpc) is 2.41. The van der Waals surface area contributed by atoms with E-state index in [0.29, 0.717) is 0 Å². The van der Waals surface area contributed by atoms with Crippen LogP contribution in [0.4, 0.5) is 18.9 Å². The van der Waals surface area contributed by atoms with Crippen molar-refractivity contribution in [1.29, 1.82) is 0 Å². The average molecular weight is 354 g/mol. The minimum atomic E-state index is -4.46. The third-order valence-corrected chi connectivity index (χ3v) is 4.08. The first-order valence-corrected chi connectivity index (χ1v) is 8.30. The van der Waals surface area contributed by atoms with Gasteiger partial charge in [0, 0.05) is 19.3 Å². The van der Waals surface area contributed by atoms with Crippen molar-refractivity contribution in [2.24, 2.45) is 0 Å². The molecule has 0 fully saturated rings. The number of hydrogen-bond acceptors (Lipinski definition) is 4. The lowest BCUT2D eigenvalue weighted by atomic mass is 10.2. The molecule has 0 radical (unpaired) electrons. The van der Waals surface area contributed by atoms with E-state index in [4.69, 9.17) is 4.74 Å². The fourth-order valence-electron chi connectivity index (χ4n) is 1.66. The van der Waals surface area contributed by atoms with Crippen molar-refractivity contribution in [1.82, 2.24) is 4.31 Å². The van der Waals surface area contributed by atoms with E-state index in [1.165, 1.54) is 7.11 Å². The van der Waals surface area contributed by atoms with Crippen LogP contribution in [-0.2, 0) is 25.7 Å². The van der Waals surface area contributed by atoms with Crippen molar-refractivity contribution >= 4 is 21.6 Å². The van der Waals surface area contributed by atoms with Gasteiger partial charge in [0.25, 0.3) is 0 Å². The first kappa shape index (κ1) is 19.4. The monoisotopic (exact) mass is 354 g/mol. The second-order valence-corrected chi connectivity index (χ2v) is 6.70. The Morgan fingerprint density at radius 3 is 2.26 bits per heavy atom. The van der Waals surface area contributed by atoms with Crippen LogP contribution in [0.1, 0.15) is 5.56 Å². The highest BCUT2D eigenvalue weighted by atomic mass is 32.2. The maximum atomic E-state index is 12.4.